The highest BCUT2D eigenvalue weighted by atomic mass is 19.0. The van der Waals surface area contributed by atoms with Crippen molar-refractivity contribution >= 4 is 0 Å². The van der Waals surface area contributed by atoms with E-state index < -0.39 is 0 Å². The van der Waals surface area contributed by atoms with Gasteiger partial charge >= 0.3 is 0 Å². The van der Waals surface area contributed by atoms with Crippen LogP contribution in [0.3, 0.4) is 0 Å². The molecule has 70 valence electrons. The Morgan fingerprint density at radius 3 is 1.18 bits per heavy atom. The van der Waals surface area contributed by atoms with Crippen LogP contribution in [0, 0.1) is 0 Å². The number of halogens is 1. The smallest absolute Gasteiger partial charge is 0.0833 e. The normalized spacial score (nSPS) is 11.5. The number of quaternary nitrogens is 1. The molecule has 0 aromatic rings. The summed E-state index contributed by atoms with van der Waals surface area (Å²) in [5, 5.41) is 0. The lowest BCUT2D eigenvalue weighted by atomic mass is 10.2. The van der Waals surface area contributed by atoms with E-state index >= 15 is 0 Å². The predicted molar refractivity (Wildman–Crippen MR) is 47.0 cm³/mol. The Balaban J connectivity index is 0. The van der Waals surface area contributed by atoms with Crippen molar-refractivity contribution in [3.63, 3.8) is 0 Å². The van der Waals surface area contributed by atoms with Crippen molar-refractivity contribution in [3.8, 4) is 0 Å². The Labute approximate surface area is 70.4 Å². The van der Waals surface area contributed by atoms with Crippen LogP contribution in [0.4, 0.5) is 0 Å². The SMILES string of the molecule is CC[N+](CC)(CC)C(C)C.[F-]. The molecule has 0 aliphatic rings. The van der Waals surface area contributed by atoms with Gasteiger partial charge in [-0.1, -0.05) is 0 Å². The van der Waals surface area contributed by atoms with E-state index in [4.69, 9.17) is 0 Å². The lowest BCUT2D eigenvalue weighted by Gasteiger charge is -2.39. The first-order chi connectivity index (χ1) is 4.63. The summed E-state index contributed by atoms with van der Waals surface area (Å²) in [6.07, 6.45) is 0. The molecular weight excluding hydrogens is 141 g/mol. The van der Waals surface area contributed by atoms with Crippen molar-refractivity contribution in [3.05, 3.63) is 0 Å². The Morgan fingerprint density at radius 1 is 0.909 bits per heavy atom. The fourth-order valence-electron chi connectivity index (χ4n) is 1.77. The van der Waals surface area contributed by atoms with Gasteiger partial charge in [-0.15, -0.1) is 0 Å². The third-order valence-corrected chi connectivity index (χ3v) is 2.98. The highest BCUT2D eigenvalue weighted by molar-refractivity contribution is 4.43. The average Bonchev–Trinajstić information content (AvgIpc) is 1.92. The molecule has 0 amide bonds. The molecule has 0 radical (unpaired) electrons. The van der Waals surface area contributed by atoms with Gasteiger partial charge in [0.25, 0.3) is 0 Å². The van der Waals surface area contributed by atoms with Gasteiger partial charge in [0.2, 0.25) is 0 Å². The van der Waals surface area contributed by atoms with Crippen LogP contribution in [0.25, 0.3) is 0 Å². The Kier molecular flexibility index (Phi) is 6.77. The standard InChI is InChI=1S/C9H22N.FH/c1-6-10(7-2,8-3)9(4)5;/h9H,6-8H2,1-5H3;1H/q+1;/p-1. The van der Waals surface area contributed by atoms with Crippen LogP contribution < -0.4 is 4.70 Å². The first kappa shape index (κ1) is 13.5. The van der Waals surface area contributed by atoms with Gasteiger partial charge in [-0.3, -0.25) is 0 Å². The first-order valence-corrected chi connectivity index (χ1v) is 4.48. The minimum Gasteiger partial charge on any atom is -1.00 e. The summed E-state index contributed by atoms with van der Waals surface area (Å²) in [5.41, 5.74) is 0. The molecule has 1 nitrogen and oxygen atoms in total. The van der Waals surface area contributed by atoms with Crippen molar-refractivity contribution in [2.45, 2.75) is 40.7 Å². The van der Waals surface area contributed by atoms with Crippen molar-refractivity contribution < 1.29 is 9.19 Å². The van der Waals surface area contributed by atoms with E-state index in [0.717, 1.165) is 6.04 Å². The highest BCUT2D eigenvalue weighted by Crippen LogP contribution is 2.11. The largest absolute Gasteiger partial charge is 1.00 e. The minimum absolute atomic E-state index is 0. The minimum atomic E-state index is 0. The quantitative estimate of drug-likeness (QED) is 0.480. The second-order valence-corrected chi connectivity index (χ2v) is 3.26. The maximum atomic E-state index is 2.32. The van der Waals surface area contributed by atoms with Crippen molar-refractivity contribution in [1.29, 1.82) is 0 Å². The first-order valence-electron chi connectivity index (χ1n) is 4.48. The lowest BCUT2D eigenvalue weighted by molar-refractivity contribution is -0.943. The van der Waals surface area contributed by atoms with Gasteiger partial charge in [0.05, 0.1) is 25.7 Å². The number of hydrogen-bond acceptors (Lipinski definition) is 0. The van der Waals surface area contributed by atoms with Gasteiger partial charge in [-0.05, 0) is 34.6 Å². The molecule has 0 unspecified atom stereocenters. The van der Waals surface area contributed by atoms with Crippen LogP contribution in [0.15, 0.2) is 0 Å². The summed E-state index contributed by atoms with van der Waals surface area (Å²) in [5.74, 6) is 0. The predicted octanol–water partition coefficient (Wildman–Crippen LogP) is -0.725. The van der Waals surface area contributed by atoms with Crippen molar-refractivity contribution in [2.24, 2.45) is 0 Å². The van der Waals surface area contributed by atoms with E-state index in [2.05, 4.69) is 34.6 Å². The Hall–Kier alpha value is -0.110. The van der Waals surface area contributed by atoms with Crippen molar-refractivity contribution in [1.82, 2.24) is 0 Å². The van der Waals surface area contributed by atoms with E-state index in [9.17, 15) is 0 Å². The summed E-state index contributed by atoms with van der Waals surface area (Å²) in [6, 6.07) is 0.778. The maximum Gasteiger partial charge on any atom is 0.0833 e. The van der Waals surface area contributed by atoms with Gasteiger partial charge < -0.3 is 9.19 Å². The molecule has 0 N–H and O–H groups in total. The second kappa shape index (κ2) is 5.53. The van der Waals surface area contributed by atoms with Gasteiger partial charge in [0.1, 0.15) is 0 Å². The summed E-state index contributed by atoms with van der Waals surface area (Å²) in [7, 11) is 0. The van der Waals surface area contributed by atoms with E-state index in [1.54, 1.807) is 0 Å². The highest BCUT2D eigenvalue weighted by Gasteiger charge is 2.23. The molecule has 0 aromatic carbocycles. The molecule has 0 spiro atoms. The van der Waals surface area contributed by atoms with Crippen LogP contribution in [0.2, 0.25) is 0 Å². The summed E-state index contributed by atoms with van der Waals surface area (Å²) < 4.78 is 1.26. The number of hydrogen-bond donors (Lipinski definition) is 0. The molecule has 0 aliphatic heterocycles. The molecule has 0 aliphatic carbocycles. The third-order valence-electron chi connectivity index (χ3n) is 2.98. The van der Waals surface area contributed by atoms with E-state index in [1.807, 2.05) is 0 Å². The molecule has 11 heavy (non-hydrogen) atoms. The molecule has 0 saturated carbocycles. The van der Waals surface area contributed by atoms with Crippen LogP contribution in [0.1, 0.15) is 34.6 Å². The van der Waals surface area contributed by atoms with Crippen LogP contribution in [-0.2, 0) is 0 Å². The zero-order chi connectivity index (χ0) is 8.20. The number of rotatable bonds is 4. The summed E-state index contributed by atoms with van der Waals surface area (Å²) in [6.45, 7) is 15.3. The van der Waals surface area contributed by atoms with Gasteiger partial charge in [-0.2, -0.15) is 0 Å². The van der Waals surface area contributed by atoms with Crippen molar-refractivity contribution in [2.75, 3.05) is 19.6 Å². The fraction of sp³-hybridized carbons (Fsp3) is 1.00. The molecule has 0 rings (SSSR count). The molecule has 0 heterocycles. The topological polar surface area (TPSA) is 0 Å². The maximum absolute atomic E-state index is 2.32. The van der Waals surface area contributed by atoms with Crippen LogP contribution in [-0.4, -0.2) is 30.2 Å². The van der Waals surface area contributed by atoms with E-state index in [0.29, 0.717) is 0 Å². The van der Waals surface area contributed by atoms with Gasteiger partial charge in [-0.25, -0.2) is 0 Å². The second-order valence-electron chi connectivity index (χ2n) is 3.26. The molecule has 2 heteroatoms. The van der Waals surface area contributed by atoms with Gasteiger partial charge in [0, 0.05) is 0 Å². The fourth-order valence-corrected chi connectivity index (χ4v) is 1.77. The van der Waals surface area contributed by atoms with Gasteiger partial charge in [0.15, 0.2) is 0 Å². The van der Waals surface area contributed by atoms with E-state index in [1.165, 1.54) is 24.1 Å². The summed E-state index contributed by atoms with van der Waals surface area (Å²) in [4.78, 5) is 0. The molecule has 0 fully saturated rings. The zero-order valence-electron chi connectivity index (χ0n) is 8.52. The lowest BCUT2D eigenvalue weighted by Crippen LogP contribution is -3.00. The molecule has 0 bridgehead atoms. The average molecular weight is 163 g/mol. The number of nitrogens with zero attached hydrogens (tertiary/aromatic N) is 1. The van der Waals surface area contributed by atoms with E-state index in [-0.39, 0.29) is 4.70 Å². The van der Waals surface area contributed by atoms with Crippen LogP contribution in [0.5, 0.6) is 0 Å². The zero-order valence-corrected chi connectivity index (χ0v) is 8.52. The van der Waals surface area contributed by atoms with Crippen LogP contribution >= 0.6 is 0 Å². The molecule has 0 aromatic heterocycles. The Bertz CT molecular complexity index is 79.3. The molecular formula is C9H22FN. The third kappa shape index (κ3) is 2.78. The monoisotopic (exact) mass is 163 g/mol. The molecule has 0 saturated heterocycles. The summed E-state index contributed by atoms with van der Waals surface area (Å²) >= 11 is 0. The molecule has 0 atom stereocenters. The Morgan fingerprint density at radius 2 is 1.18 bits per heavy atom.